The number of rotatable bonds is 6. The fourth-order valence-electron chi connectivity index (χ4n) is 2.73. The van der Waals surface area contributed by atoms with Crippen LogP contribution in [0.1, 0.15) is 55.9 Å². The van der Waals surface area contributed by atoms with Crippen molar-refractivity contribution in [2.24, 2.45) is 0 Å². The highest BCUT2D eigenvalue weighted by Gasteiger charge is 2.08. The summed E-state index contributed by atoms with van der Waals surface area (Å²) >= 11 is 0. The molecule has 2 rings (SSSR count). The Bertz CT molecular complexity index is 689. The first kappa shape index (κ1) is 18.0. The lowest BCUT2D eigenvalue weighted by atomic mass is 10.0. The summed E-state index contributed by atoms with van der Waals surface area (Å²) in [6, 6.07) is 14.5. The molecule has 0 aliphatic heterocycles. The van der Waals surface area contributed by atoms with Crippen LogP contribution in [0.4, 0.5) is 5.69 Å². The molecule has 2 aromatic carbocycles. The van der Waals surface area contributed by atoms with Gasteiger partial charge < -0.3 is 5.32 Å². The summed E-state index contributed by atoms with van der Waals surface area (Å²) < 4.78 is 0. The van der Waals surface area contributed by atoms with Crippen LogP contribution in [0.25, 0.3) is 6.08 Å². The third-order valence-electron chi connectivity index (χ3n) is 4.28. The average Bonchev–Trinajstić information content (AvgIpc) is 2.60. The van der Waals surface area contributed by atoms with Crippen LogP contribution in [0.3, 0.4) is 0 Å². The van der Waals surface area contributed by atoms with Gasteiger partial charge in [-0.1, -0.05) is 70.2 Å². The highest BCUT2D eigenvalue weighted by atomic mass is 16.1. The van der Waals surface area contributed by atoms with Crippen molar-refractivity contribution in [2.75, 3.05) is 5.32 Å². The summed E-state index contributed by atoms with van der Waals surface area (Å²) in [6.07, 6.45) is 5.28. The molecule has 0 radical (unpaired) electrons. The zero-order valence-electron chi connectivity index (χ0n) is 15.1. The van der Waals surface area contributed by atoms with Gasteiger partial charge in [0.05, 0.1) is 0 Å². The second-order valence-corrected chi connectivity index (χ2v) is 6.30. The molecule has 0 heterocycles. The molecule has 2 heteroatoms. The molecule has 2 aromatic rings. The van der Waals surface area contributed by atoms with Crippen LogP contribution in [-0.2, 0) is 17.6 Å². The van der Waals surface area contributed by atoms with Crippen LogP contribution >= 0.6 is 0 Å². The Labute approximate surface area is 145 Å². The molecule has 0 aromatic heterocycles. The predicted molar refractivity (Wildman–Crippen MR) is 103 cm³/mol. The second-order valence-electron chi connectivity index (χ2n) is 6.30. The van der Waals surface area contributed by atoms with E-state index in [1.165, 1.54) is 16.7 Å². The summed E-state index contributed by atoms with van der Waals surface area (Å²) in [5.74, 6) is 0.433. The number of para-hydroxylation sites is 1. The lowest BCUT2D eigenvalue weighted by Gasteiger charge is -2.13. The summed E-state index contributed by atoms with van der Waals surface area (Å²) in [7, 11) is 0. The fraction of sp³-hybridized carbons (Fsp3) is 0.318. The van der Waals surface area contributed by atoms with E-state index in [2.05, 4.69) is 75.5 Å². The van der Waals surface area contributed by atoms with E-state index in [1.807, 2.05) is 6.08 Å². The Morgan fingerprint density at radius 2 is 1.58 bits per heavy atom. The van der Waals surface area contributed by atoms with Gasteiger partial charge in [-0.15, -0.1) is 0 Å². The largest absolute Gasteiger partial charge is 0.322 e. The summed E-state index contributed by atoms with van der Waals surface area (Å²) in [4.78, 5) is 12.3. The fourth-order valence-corrected chi connectivity index (χ4v) is 2.73. The second kappa shape index (κ2) is 8.49. The smallest absolute Gasteiger partial charge is 0.248 e. The van der Waals surface area contributed by atoms with E-state index in [0.29, 0.717) is 5.92 Å². The zero-order chi connectivity index (χ0) is 17.5. The lowest BCUT2D eigenvalue weighted by Crippen LogP contribution is -2.11. The number of amides is 1. The number of hydrogen-bond donors (Lipinski definition) is 1. The predicted octanol–water partition coefficient (Wildman–Crippen LogP) is 5.59. The molecule has 0 spiro atoms. The van der Waals surface area contributed by atoms with E-state index in [-0.39, 0.29) is 5.91 Å². The van der Waals surface area contributed by atoms with Gasteiger partial charge in [-0.2, -0.15) is 0 Å². The molecule has 1 amide bonds. The van der Waals surface area contributed by atoms with E-state index in [9.17, 15) is 4.79 Å². The van der Waals surface area contributed by atoms with Gasteiger partial charge >= 0.3 is 0 Å². The van der Waals surface area contributed by atoms with Gasteiger partial charge in [-0.05, 0) is 47.1 Å². The molecule has 0 bridgehead atoms. The minimum absolute atomic E-state index is 0.0847. The third kappa shape index (κ3) is 4.58. The first-order chi connectivity index (χ1) is 11.5. The van der Waals surface area contributed by atoms with E-state index in [1.54, 1.807) is 6.08 Å². The van der Waals surface area contributed by atoms with Crippen molar-refractivity contribution in [1.29, 1.82) is 0 Å². The maximum atomic E-state index is 12.3. The van der Waals surface area contributed by atoms with Gasteiger partial charge in [-0.25, -0.2) is 0 Å². The van der Waals surface area contributed by atoms with Gasteiger partial charge in [0.25, 0.3) is 0 Å². The van der Waals surface area contributed by atoms with Crippen molar-refractivity contribution in [3.63, 3.8) is 0 Å². The molecule has 0 unspecified atom stereocenters. The SMILES string of the molecule is CCc1cccc(CC)c1NC(=O)C=Cc1ccc(C(C)C)cc1. The Morgan fingerprint density at radius 3 is 2.08 bits per heavy atom. The Balaban J connectivity index is 2.10. The van der Waals surface area contributed by atoms with Crippen molar-refractivity contribution in [3.05, 3.63) is 70.8 Å². The van der Waals surface area contributed by atoms with Gasteiger partial charge in [0.15, 0.2) is 0 Å². The number of carbonyl (C=O) groups excluding carboxylic acids is 1. The first-order valence-electron chi connectivity index (χ1n) is 8.74. The number of carbonyl (C=O) groups is 1. The van der Waals surface area contributed by atoms with Crippen LogP contribution in [-0.4, -0.2) is 5.91 Å². The number of benzene rings is 2. The maximum Gasteiger partial charge on any atom is 0.248 e. The van der Waals surface area contributed by atoms with Crippen molar-refractivity contribution >= 4 is 17.7 Å². The number of hydrogen-bond acceptors (Lipinski definition) is 1. The molecule has 0 saturated carbocycles. The highest BCUT2D eigenvalue weighted by Crippen LogP contribution is 2.22. The van der Waals surface area contributed by atoms with Gasteiger partial charge in [0.2, 0.25) is 5.91 Å². The number of nitrogens with one attached hydrogen (secondary N) is 1. The molecule has 2 nitrogen and oxygen atoms in total. The maximum absolute atomic E-state index is 12.3. The Hall–Kier alpha value is -2.35. The van der Waals surface area contributed by atoms with E-state index < -0.39 is 0 Å². The minimum Gasteiger partial charge on any atom is -0.322 e. The Morgan fingerprint density at radius 1 is 1.00 bits per heavy atom. The summed E-state index contributed by atoms with van der Waals surface area (Å²) in [5.41, 5.74) is 5.66. The van der Waals surface area contributed by atoms with Crippen LogP contribution in [0.2, 0.25) is 0 Å². The average molecular weight is 321 g/mol. The number of anilines is 1. The van der Waals surface area contributed by atoms with Crippen molar-refractivity contribution in [3.8, 4) is 0 Å². The van der Waals surface area contributed by atoms with Crippen LogP contribution in [0, 0.1) is 0 Å². The van der Waals surface area contributed by atoms with Crippen molar-refractivity contribution in [2.45, 2.75) is 46.5 Å². The molecule has 0 aliphatic rings. The zero-order valence-corrected chi connectivity index (χ0v) is 15.1. The van der Waals surface area contributed by atoms with Crippen LogP contribution < -0.4 is 5.32 Å². The van der Waals surface area contributed by atoms with E-state index in [0.717, 1.165) is 24.1 Å². The van der Waals surface area contributed by atoms with Crippen molar-refractivity contribution in [1.82, 2.24) is 0 Å². The molecule has 0 atom stereocenters. The summed E-state index contributed by atoms with van der Waals surface area (Å²) in [5, 5.41) is 3.06. The van der Waals surface area contributed by atoms with Crippen LogP contribution in [0.15, 0.2) is 48.5 Å². The standard InChI is InChI=1S/C22H27NO/c1-5-18-8-7-9-19(6-2)22(18)23-21(24)15-12-17-10-13-20(14-11-17)16(3)4/h7-16H,5-6H2,1-4H3,(H,23,24). The molecule has 0 aliphatic carbocycles. The first-order valence-corrected chi connectivity index (χ1v) is 8.74. The van der Waals surface area contributed by atoms with Gasteiger partial charge in [0.1, 0.15) is 0 Å². The van der Waals surface area contributed by atoms with Crippen molar-refractivity contribution < 1.29 is 4.79 Å². The quantitative estimate of drug-likeness (QED) is 0.691. The van der Waals surface area contributed by atoms with E-state index in [4.69, 9.17) is 0 Å². The molecular formula is C22H27NO. The van der Waals surface area contributed by atoms with Gasteiger partial charge in [-0.3, -0.25) is 4.79 Å². The molecule has 0 fully saturated rings. The van der Waals surface area contributed by atoms with E-state index >= 15 is 0 Å². The number of aryl methyl sites for hydroxylation is 2. The van der Waals surface area contributed by atoms with Gasteiger partial charge in [0, 0.05) is 11.8 Å². The topological polar surface area (TPSA) is 29.1 Å². The minimum atomic E-state index is -0.0847. The molecule has 24 heavy (non-hydrogen) atoms. The third-order valence-corrected chi connectivity index (χ3v) is 4.28. The molecule has 0 saturated heterocycles. The van der Waals surface area contributed by atoms with Crippen LogP contribution in [0.5, 0.6) is 0 Å². The molecule has 1 N–H and O–H groups in total. The highest BCUT2D eigenvalue weighted by molar-refractivity contribution is 6.02. The molecule has 126 valence electrons. The molecular weight excluding hydrogens is 294 g/mol. The lowest BCUT2D eigenvalue weighted by molar-refractivity contribution is -0.111. The monoisotopic (exact) mass is 321 g/mol. The summed E-state index contributed by atoms with van der Waals surface area (Å²) in [6.45, 7) is 8.57. The normalized spacial score (nSPS) is 11.2. The Kier molecular flexibility index (Phi) is 6.36.